The number of morpholine rings is 1. The standard InChI is InChI=1S/C61H68F2N8O6/c1-39-34-67(35-40(2)77-39)25-26-76-52-19-13-43(14-20-52)27-58(73)68-24-21-45-29-54(55(30-47(45)36-68)59(74)69-37-46-12-8-7-11-44(46)28-50(69)38-66-22-9-6-10-23-66)57-32-53(41(3)65(57)5)60(75)71(48-15-17-51(72)18-16-48)56-31-49(33-64)70(42(56)4)61(62)63/h7-8,11-20,29-32,39-40,50,61,72H,6,9-10,21-28,34-38H2,1-5H3/t39-,40+,50-/m0/s1. The van der Waals surface area contributed by atoms with E-state index in [0.717, 1.165) is 80.1 Å². The average Bonchev–Trinajstić information content (AvgIpc) is 3.94. The predicted molar refractivity (Wildman–Crippen MR) is 291 cm³/mol. The minimum atomic E-state index is -3.04. The molecule has 6 aromatic rings. The van der Waals surface area contributed by atoms with Crippen molar-refractivity contribution >= 4 is 29.1 Å². The topological polar surface area (TPSA) is 140 Å². The smallest absolute Gasteiger partial charge is 0.319 e. The van der Waals surface area contributed by atoms with E-state index in [1.54, 1.807) is 13.0 Å². The van der Waals surface area contributed by atoms with Crippen molar-refractivity contribution in [3.05, 3.63) is 153 Å². The maximum Gasteiger partial charge on any atom is 0.319 e. The summed E-state index contributed by atoms with van der Waals surface area (Å²) in [7, 11) is 1.84. The number of piperidine rings is 1. The molecule has 6 heterocycles. The second-order valence-electron chi connectivity index (χ2n) is 21.3. The third-order valence-corrected chi connectivity index (χ3v) is 16.1. The zero-order chi connectivity index (χ0) is 54.1. The number of aromatic nitrogens is 2. The molecule has 2 aromatic heterocycles. The molecular formula is C61H68F2N8O6. The Labute approximate surface area is 449 Å². The number of nitriles is 1. The van der Waals surface area contributed by atoms with Crippen LogP contribution in [0.25, 0.3) is 11.3 Å². The van der Waals surface area contributed by atoms with Crippen LogP contribution >= 0.6 is 0 Å². The highest BCUT2D eigenvalue weighted by Gasteiger charge is 2.36. The number of phenols is 1. The fraction of sp³-hybridized carbons (Fsp3) is 0.410. The van der Waals surface area contributed by atoms with Gasteiger partial charge in [0.1, 0.15) is 29.9 Å². The number of fused-ring (bicyclic) bond motifs is 2. The van der Waals surface area contributed by atoms with Crippen molar-refractivity contribution in [2.45, 2.75) is 104 Å². The molecule has 0 aliphatic carbocycles. The Morgan fingerprint density at radius 1 is 0.818 bits per heavy atom. The van der Waals surface area contributed by atoms with Crippen molar-refractivity contribution in [2.24, 2.45) is 7.05 Å². The molecule has 0 spiro atoms. The van der Waals surface area contributed by atoms with Gasteiger partial charge in [-0.25, -0.2) is 0 Å². The van der Waals surface area contributed by atoms with Gasteiger partial charge in [-0.15, -0.1) is 0 Å². The number of aromatic hydroxyl groups is 1. The van der Waals surface area contributed by atoms with Gasteiger partial charge in [-0.1, -0.05) is 42.8 Å². The Bertz CT molecular complexity index is 3180. The minimum absolute atomic E-state index is 0.00629. The lowest BCUT2D eigenvalue weighted by Crippen LogP contribution is -2.51. The van der Waals surface area contributed by atoms with Crippen LogP contribution in [-0.4, -0.2) is 122 Å². The maximum atomic E-state index is 15.8. The van der Waals surface area contributed by atoms with Gasteiger partial charge in [-0.05, 0) is 155 Å². The van der Waals surface area contributed by atoms with E-state index >= 15 is 9.59 Å². The molecule has 14 nitrogen and oxygen atoms in total. The zero-order valence-corrected chi connectivity index (χ0v) is 44.7. The third kappa shape index (κ3) is 11.3. The molecule has 402 valence electrons. The highest BCUT2D eigenvalue weighted by atomic mass is 19.3. The summed E-state index contributed by atoms with van der Waals surface area (Å²) in [6.45, 7) is 11.4. The van der Waals surface area contributed by atoms with E-state index in [2.05, 4.69) is 41.8 Å². The molecule has 2 saturated heterocycles. The van der Waals surface area contributed by atoms with Crippen LogP contribution in [0.3, 0.4) is 0 Å². The molecule has 0 bridgehead atoms. The quantitative estimate of drug-likeness (QED) is 0.113. The molecule has 4 aliphatic rings. The largest absolute Gasteiger partial charge is 0.508 e. The molecule has 0 saturated carbocycles. The third-order valence-electron chi connectivity index (χ3n) is 16.1. The van der Waals surface area contributed by atoms with Gasteiger partial charge < -0.3 is 33.8 Å². The molecule has 77 heavy (non-hydrogen) atoms. The number of phenolic OH excluding ortho intramolecular Hbond substituents is 1. The van der Waals surface area contributed by atoms with Crippen LogP contribution in [0.5, 0.6) is 11.5 Å². The molecule has 1 N–H and O–H groups in total. The Morgan fingerprint density at radius 3 is 2.22 bits per heavy atom. The summed E-state index contributed by atoms with van der Waals surface area (Å²) in [5.41, 5.74) is 7.62. The van der Waals surface area contributed by atoms with Crippen molar-refractivity contribution in [2.75, 3.05) is 57.3 Å². The van der Waals surface area contributed by atoms with Crippen LogP contribution in [0, 0.1) is 25.2 Å². The predicted octanol–water partition coefficient (Wildman–Crippen LogP) is 9.73. The summed E-state index contributed by atoms with van der Waals surface area (Å²) < 4.78 is 43.4. The van der Waals surface area contributed by atoms with E-state index in [-0.39, 0.29) is 70.6 Å². The van der Waals surface area contributed by atoms with Gasteiger partial charge in [-0.3, -0.25) is 28.8 Å². The molecular weight excluding hydrogens is 979 g/mol. The first-order valence-corrected chi connectivity index (χ1v) is 27.0. The monoisotopic (exact) mass is 1050 g/mol. The van der Waals surface area contributed by atoms with E-state index in [1.165, 1.54) is 54.1 Å². The van der Waals surface area contributed by atoms with Crippen molar-refractivity contribution in [3.8, 4) is 28.8 Å². The van der Waals surface area contributed by atoms with Crippen molar-refractivity contribution in [1.82, 2.24) is 28.7 Å². The summed E-state index contributed by atoms with van der Waals surface area (Å²) in [6, 6.07) is 30.7. The van der Waals surface area contributed by atoms with E-state index in [0.29, 0.717) is 66.2 Å². The summed E-state index contributed by atoms with van der Waals surface area (Å²) >= 11 is 0. The fourth-order valence-corrected chi connectivity index (χ4v) is 12.0. The lowest BCUT2D eigenvalue weighted by Gasteiger charge is -2.41. The fourth-order valence-electron chi connectivity index (χ4n) is 12.0. The molecule has 16 heteroatoms. The summed E-state index contributed by atoms with van der Waals surface area (Å²) in [4.78, 5) is 55.2. The van der Waals surface area contributed by atoms with E-state index in [1.807, 2.05) is 69.9 Å². The first kappa shape index (κ1) is 53.1. The number of rotatable bonds is 14. The molecule has 4 aromatic carbocycles. The van der Waals surface area contributed by atoms with Gasteiger partial charge >= 0.3 is 6.55 Å². The number of alkyl halides is 2. The van der Waals surface area contributed by atoms with Crippen LogP contribution in [0.1, 0.15) is 105 Å². The Balaban J connectivity index is 0.979. The second-order valence-corrected chi connectivity index (χ2v) is 21.3. The van der Waals surface area contributed by atoms with E-state index < -0.39 is 12.5 Å². The van der Waals surface area contributed by atoms with Gasteiger partial charge in [0, 0.05) is 92.8 Å². The highest BCUT2D eigenvalue weighted by molar-refractivity contribution is 6.13. The highest BCUT2D eigenvalue weighted by Crippen LogP contribution is 2.40. The summed E-state index contributed by atoms with van der Waals surface area (Å²) in [5.74, 6) is -0.0312. The molecule has 3 amide bonds. The second kappa shape index (κ2) is 22.7. The van der Waals surface area contributed by atoms with Gasteiger partial charge in [0.15, 0.2) is 0 Å². The summed E-state index contributed by atoms with van der Waals surface area (Å²) in [5, 5.41) is 20.2. The number of carbonyl (C=O) groups excluding carboxylic acids is 3. The number of likely N-dealkylation sites (tertiary alicyclic amines) is 1. The number of carbonyl (C=O) groups is 3. The van der Waals surface area contributed by atoms with Crippen molar-refractivity contribution < 1.29 is 37.7 Å². The van der Waals surface area contributed by atoms with Crippen LogP contribution < -0.4 is 9.64 Å². The number of halogens is 2. The number of hydrogen-bond acceptors (Lipinski definition) is 9. The first-order chi connectivity index (χ1) is 37.1. The van der Waals surface area contributed by atoms with Gasteiger partial charge in [0.25, 0.3) is 11.8 Å². The van der Waals surface area contributed by atoms with Gasteiger partial charge in [-0.2, -0.15) is 14.0 Å². The first-order valence-electron chi connectivity index (χ1n) is 27.0. The lowest BCUT2D eigenvalue weighted by molar-refractivity contribution is -0.131. The molecule has 2 fully saturated rings. The summed E-state index contributed by atoms with van der Waals surface area (Å²) in [6.07, 6.45) is 5.25. The lowest BCUT2D eigenvalue weighted by atomic mass is 9.89. The molecule has 3 atom stereocenters. The number of amides is 3. The van der Waals surface area contributed by atoms with Crippen molar-refractivity contribution in [1.29, 1.82) is 5.26 Å². The maximum absolute atomic E-state index is 15.8. The normalized spacial score (nSPS) is 18.9. The average molecular weight is 1050 g/mol. The van der Waals surface area contributed by atoms with E-state index in [9.17, 15) is 23.9 Å². The van der Waals surface area contributed by atoms with Crippen LogP contribution in [0.15, 0.2) is 97.1 Å². The number of nitrogens with zero attached hydrogens (tertiary/aromatic N) is 8. The number of anilines is 2. The Hall–Kier alpha value is -7.32. The van der Waals surface area contributed by atoms with E-state index in [4.69, 9.17) is 9.47 Å². The van der Waals surface area contributed by atoms with Gasteiger partial charge in [0.05, 0.1) is 29.9 Å². The molecule has 0 radical (unpaired) electrons. The van der Waals surface area contributed by atoms with Crippen LogP contribution in [-0.2, 0) is 48.9 Å². The molecule has 10 rings (SSSR count). The van der Waals surface area contributed by atoms with Crippen LogP contribution in [0.2, 0.25) is 0 Å². The number of hydrogen-bond donors (Lipinski definition) is 1. The number of ether oxygens (including phenoxy) is 2. The number of benzene rings is 4. The van der Waals surface area contributed by atoms with Crippen LogP contribution in [0.4, 0.5) is 20.2 Å². The minimum Gasteiger partial charge on any atom is -0.508 e. The zero-order valence-electron chi connectivity index (χ0n) is 44.7. The SMILES string of the molecule is Cc1c(C(=O)N(c2ccc(O)cc2)c2cc(C#N)n(C(F)F)c2C)cc(-c2cc3c(cc2C(=O)N2Cc4ccccc4C[C@H]2CN2CCCCC2)CN(C(=O)Cc2ccc(OCCN4C[C@@H](C)O[C@@H](C)C4)cc2)CC3)n1C. The Morgan fingerprint density at radius 2 is 1.53 bits per heavy atom. The Kier molecular flexibility index (Phi) is 15.7. The van der Waals surface area contributed by atoms with Gasteiger partial charge in [0.2, 0.25) is 5.91 Å². The van der Waals surface area contributed by atoms with Crippen molar-refractivity contribution in [3.63, 3.8) is 0 Å². The molecule has 4 aliphatic heterocycles. The molecule has 0 unspecified atom stereocenters.